The molecule has 2 amide bonds. The number of nitrogens with zero attached hydrogens (tertiary/aromatic N) is 3. The first-order chi connectivity index (χ1) is 15.4. The van der Waals surface area contributed by atoms with E-state index in [1.165, 1.54) is 42.8 Å². The van der Waals surface area contributed by atoms with Gasteiger partial charge in [0, 0.05) is 44.5 Å². The Labute approximate surface area is 191 Å². The van der Waals surface area contributed by atoms with Crippen molar-refractivity contribution in [3.05, 3.63) is 59.3 Å². The van der Waals surface area contributed by atoms with Crippen LogP contribution in [0.4, 0.5) is 18.0 Å². The third kappa shape index (κ3) is 8.38. The number of rotatable bonds is 5. The Morgan fingerprint density at radius 2 is 1.76 bits per heavy atom. The van der Waals surface area contributed by atoms with Crippen LogP contribution in [0.5, 0.6) is 0 Å². The van der Waals surface area contributed by atoms with Gasteiger partial charge >= 0.3 is 12.3 Å². The molecule has 0 spiro atoms. The van der Waals surface area contributed by atoms with Gasteiger partial charge in [-0.3, -0.25) is 9.69 Å². The molecular weight excluding hydrogens is 437 g/mol. The van der Waals surface area contributed by atoms with Crippen LogP contribution in [0.15, 0.2) is 47.6 Å². The molecule has 1 aromatic rings. The molecule has 10 heteroatoms. The van der Waals surface area contributed by atoms with Gasteiger partial charge in [-0.2, -0.15) is 13.2 Å². The number of amides is 2. The summed E-state index contributed by atoms with van der Waals surface area (Å²) in [6.07, 6.45) is 1.90. The van der Waals surface area contributed by atoms with Crippen molar-refractivity contribution in [2.24, 2.45) is 10.7 Å². The third-order valence-corrected chi connectivity index (χ3v) is 4.69. The lowest BCUT2D eigenvalue weighted by atomic mass is 10.0. The molecule has 1 saturated heterocycles. The van der Waals surface area contributed by atoms with Crippen LogP contribution in [0.25, 0.3) is 0 Å². The van der Waals surface area contributed by atoms with Crippen molar-refractivity contribution in [3.63, 3.8) is 0 Å². The number of benzene rings is 1. The minimum absolute atomic E-state index is 0.0445. The van der Waals surface area contributed by atoms with Crippen molar-refractivity contribution in [2.75, 3.05) is 26.2 Å². The first-order valence-corrected chi connectivity index (χ1v) is 10.4. The van der Waals surface area contributed by atoms with Crippen molar-refractivity contribution >= 4 is 18.2 Å². The summed E-state index contributed by atoms with van der Waals surface area (Å²) in [5, 5.41) is 0. The minimum atomic E-state index is -4.63. The van der Waals surface area contributed by atoms with Gasteiger partial charge in [0.1, 0.15) is 5.60 Å². The Kier molecular flexibility index (Phi) is 8.81. The topological polar surface area (TPSA) is 88.2 Å². The molecule has 0 aliphatic carbocycles. The van der Waals surface area contributed by atoms with E-state index in [4.69, 9.17) is 10.5 Å². The zero-order valence-electron chi connectivity index (χ0n) is 18.9. The van der Waals surface area contributed by atoms with Crippen LogP contribution in [0.1, 0.15) is 42.3 Å². The molecule has 0 atom stereocenters. The molecule has 2 N–H and O–H groups in total. The Morgan fingerprint density at radius 1 is 1.09 bits per heavy atom. The zero-order chi connectivity index (χ0) is 24.6. The second-order valence-electron chi connectivity index (χ2n) is 8.47. The maximum atomic E-state index is 13.7. The highest BCUT2D eigenvalue weighted by molar-refractivity contribution is 6.00. The number of carbonyl (C=O) groups is 2. The molecule has 7 nitrogen and oxygen atoms in total. The Hall–Kier alpha value is -3.14. The van der Waals surface area contributed by atoms with Crippen LogP contribution in [0.3, 0.4) is 0 Å². The lowest BCUT2D eigenvalue weighted by Gasteiger charge is -2.35. The first kappa shape index (κ1) is 26.1. The molecular formula is C23H29F3N4O3. The average molecular weight is 467 g/mol. The van der Waals surface area contributed by atoms with E-state index in [0.29, 0.717) is 26.2 Å². The molecule has 1 fully saturated rings. The van der Waals surface area contributed by atoms with E-state index in [1.54, 1.807) is 25.7 Å². The largest absolute Gasteiger partial charge is 0.444 e. The van der Waals surface area contributed by atoms with Crippen molar-refractivity contribution in [3.8, 4) is 0 Å². The van der Waals surface area contributed by atoms with Gasteiger partial charge in [0.2, 0.25) is 0 Å². The molecule has 0 aromatic heterocycles. The maximum Gasteiger partial charge on any atom is 0.416 e. The molecule has 1 aliphatic heterocycles. The lowest BCUT2D eigenvalue weighted by Crippen LogP contribution is -2.49. The first-order valence-electron chi connectivity index (χ1n) is 10.4. The number of carbonyl (C=O) groups excluding carboxylic acids is 2. The van der Waals surface area contributed by atoms with Crippen molar-refractivity contribution < 1.29 is 27.5 Å². The summed E-state index contributed by atoms with van der Waals surface area (Å²) in [7, 11) is 0. The molecule has 2 rings (SSSR count). The van der Waals surface area contributed by atoms with Crippen LogP contribution in [-0.4, -0.2) is 59.8 Å². The number of aliphatic imine (C=N–C) groups is 1. The summed E-state index contributed by atoms with van der Waals surface area (Å²) < 4.78 is 46.4. The minimum Gasteiger partial charge on any atom is -0.444 e. The summed E-state index contributed by atoms with van der Waals surface area (Å²) in [6.45, 7) is 6.89. The van der Waals surface area contributed by atoms with Gasteiger partial charge in [0.15, 0.2) is 0 Å². The number of hydrogen-bond acceptors (Lipinski definition) is 5. The SMILES string of the molecule is CC(C)(C)OC(=O)N1CCN(Cc2ccc(C(=O)N=C/C=C\C=C\N)cc2C(F)(F)F)CC1. The number of alkyl halides is 3. The summed E-state index contributed by atoms with van der Waals surface area (Å²) in [5.41, 5.74) is 3.58. The Bertz CT molecular complexity index is 926. The van der Waals surface area contributed by atoms with E-state index >= 15 is 0 Å². The highest BCUT2D eigenvalue weighted by Crippen LogP contribution is 2.33. The van der Waals surface area contributed by atoms with Crippen LogP contribution < -0.4 is 5.73 Å². The fourth-order valence-corrected chi connectivity index (χ4v) is 3.13. The van der Waals surface area contributed by atoms with Crippen molar-refractivity contribution in [2.45, 2.75) is 39.1 Å². The number of nitrogens with two attached hydrogens (primary N) is 1. The van der Waals surface area contributed by atoms with E-state index in [1.807, 2.05) is 4.90 Å². The molecule has 1 heterocycles. The highest BCUT2D eigenvalue weighted by Gasteiger charge is 2.35. The van der Waals surface area contributed by atoms with E-state index in [2.05, 4.69) is 4.99 Å². The number of halogens is 3. The fourth-order valence-electron chi connectivity index (χ4n) is 3.13. The van der Waals surface area contributed by atoms with E-state index in [0.717, 1.165) is 6.07 Å². The van der Waals surface area contributed by atoms with Gasteiger partial charge in [-0.1, -0.05) is 12.1 Å². The molecule has 180 valence electrons. The highest BCUT2D eigenvalue weighted by atomic mass is 19.4. The van der Waals surface area contributed by atoms with E-state index in [-0.39, 0.29) is 17.7 Å². The van der Waals surface area contributed by atoms with E-state index < -0.39 is 29.3 Å². The smallest absolute Gasteiger partial charge is 0.416 e. The number of allylic oxidation sites excluding steroid dienone is 3. The van der Waals surface area contributed by atoms with Gasteiger partial charge in [-0.05, 0) is 56.8 Å². The predicted molar refractivity (Wildman–Crippen MR) is 120 cm³/mol. The zero-order valence-corrected chi connectivity index (χ0v) is 18.9. The van der Waals surface area contributed by atoms with Crippen LogP contribution in [-0.2, 0) is 17.5 Å². The monoisotopic (exact) mass is 466 g/mol. The normalized spacial score (nSPS) is 16.2. The van der Waals surface area contributed by atoms with Crippen LogP contribution in [0, 0.1) is 0 Å². The van der Waals surface area contributed by atoms with Crippen LogP contribution >= 0.6 is 0 Å². The molecule has 0 bridgehead atoms. The summed E-state index contributed by atoms with van der Waals surface area (Å²) in [4.78, 5) is 31.3. The molecule has 0 radical (unpaired) electrons. The number of hydrogen-bond donors (Lipinski definition) is 1. The Balaban J connectivity index is 2.08. The van der Waals surface area contributed by atoms with Crippen molar-refractivity contribution in [1.82, 2.24) is 9.80 Å². The summed E-state index contributed by atoms with van der Waals surface area (Å²) in [6, 6.07) is 3.47. The molecule has 1 aliphatic rings. The van der Waals surface area contributed by atoms with Gasteiger partial charge in [0.25, 0.3) is 5.91 Å². The molecule has 0 saturated carbocycles. The molecule has 33 heavy (non-hydrogen) atoms. The maximum absolute atomic E-state index is 13.7. The molecule has 0 unspecified atom stereocenters. The van der Waals surface area contributed by atoms with Gasteiger partial charge < -0.3 is 15.4 Å². The standard InChI is InChI=1S/C23H29F3N4O3/c1-22(2,3)33-21(32)30-13-11-29(12-14-30)16-18-8-7-17(15-19(18)23(24,25)26)20(31)28-10-6-4-5-9-27/h4-10,15H,11-14,16,27H2,1-3H3/b6-4-,9-5+,28-10?. The fraction of sp³-hybridized carbons (Fsp3) is 0.435. The second-order valence-corrected chi connectivity index (χ2v) is 8.47. The molecule has 1 aromatic carbocycles. The van der Waals surface area contributed by atoms with Gasteiger partial charge in [0.05, 0.1) is 5.56 Å². The van der Waals surface area contributed by atoms with Gasteiger partial charge in [-0.15, -0.1) is 0 Å². The Morgan fingerprint density at radius 3 is 2.33 bits per heavy atom. The summed E-state index contributed by atoms with van der Waals surface area (Å²) in [5.74, 6) is -0.778. The van der Waals surface area contributed by atoms with Gasteiger partial charge in [-0.25, -0.2) is 9.79 Å². The van der Waals surface area contributed by atoms with Crippen molar-refractivity contribution in [1.29, 1.82) is 0 Å². The predicted octanol–water partition coefficient (Wildman–Crippen LogP) is 4.00. The summed E-state index contributed by atoms with van der Waals surface area (Å²) >= 11 is 0. The average Bonchev–Trinajstić information content (AvgIpc) is 2.72. The van der Waals surface area contributed by atoms with Crippen LogP contribution in [0.2, 0.25) is 0 Å². The second kappa shape index (κ2) is 11.1. The lowest BCUT2D eigenvalue weighted by molar-refractivity contribution is -0.138. The quantitative estimate of drug-likeness (QED) is 0.524. The number of ether oxygens (including phenoxy) is 1. The van der Waals surface area contributed by atoms with E-state index in [9.17, 15) is 22.8 Å². The number of piperazine rings is 1. The third-order valence-electron chi connectivity index (χ3n) is 4.69.